The van der Waals surface area contributed by atoms with Crippen molar-refractivity contribution in [1.82, 2.24) is 19.9 Å². The second-order valence-electron chi connectivity index (χ2n) is 4.71. The number of hydrogen-bond acceptors (Lipinski definition) is 4. The number of nitrogens with one attached hydrogen (secondary N) is 1. The Morgan fingerprint density at radius 3 is 2.73 bits per heavy atom. The van der Waals surface area contributed by atoms with Crippen LogP contribution in [0.15, 0.2) is 48.0 Å². The third-order valence-electron chi connectivity index (χ3n) is 3.08. The highest BCUT2D eigenvalue weighted by atomic mass is 32.2. The molecule has 0 amide bonds. The molecule has 0 fully saturated rings. The van der Waals surface area contributed by atoms with Gasteiger partial charge in [-0.3, -0.25) is 0 Å². The lowest BCUT2D eigenvalue weighted by molar-refractivity contribution is 0.628. The van der Waals surface area contributed by atoms with Crippen LogP contribution in [0.25, 0.3) is 22.6 Å². The Hall–Kier alpha value is -2.21. The van der Waals surface area contributed by atoms with Crippen LogP contribution in [-0.2, 0) is 0 Å². The second-order valence-corrected chi connectivity index (χ2v) is 5.77. The Morgan fingerprint density at radius 1 is 1.14 bits per heavy atom. The van der Waals surface area contributed by atoms with Crippen molar-refractivity contribution in [2.75, 3.05) is 5.75 Å². The lowest BCUT2D eigenvalue weighted by Gasteiger charge is -2.04. The van der Waals surface area contributed by atoms with Crippen LogP contribution in [0.1, 0.15) is 13.3 Å². The summed E-state index contributed by atoms with van der Waals surface area (Å²) in [5.74, 6) is 0.721. The highest BCUT2D eigenvalue weighted by molar-refractivity contribution is 7.99. The fourth-order valence-corrected chi connectivity index (χ4v) is 2.74. The summed E-state index contributed by atoms with van der Waals surface area (Å²) in [6.45, 7) is 2.12. The second kappa shape index (κ2) is 6.70. The Kier molecular flexibility index (Phi) is 4.48. The van der Waals surface area contributed by atoms with Crippen LogP contribution in [0.5, 0.6) is 0 Å². The summed E-state index contributed by atoms with van der Waals surface area (Å²) in [6.07, 6.45) is 4.44. The number of rotatable bonds is 5. The Balaban J connectivity index is 1.96. The molecule has 4 nitrogen and oxygen atoms in total. The van der Waals surface area contributed by atoms with E-state index in [1.807, 2.05) is 6.07 Å². The predicted octanol–water partition coefficient (Wildman–Crippen LogP) is 4.17. The number of nitrogens with zero attached hydrogens (tertiary/aromatic N) is 3. The van der Waals surface area contributed by atoms with Gasteiger partial charge in [0.1, 0.15) is 5.82 Å². The van der Waals surface area contributed by atoms with Gasteiger partial charge in [0.05, 0.1) is 23.4 Å². The van der Waals surface area contributed by atoms with E-state index < -0.39 is 0 Å². The van der Waals surface area contributed by atoms with Crippen LogP contribution in [-0.4, -0.2) is 25.7 Å². The first-order chi connectivity index (χ1) is 10.8. The van der Waals surface area contributed by atoms with E-state index in [0.717, 1.165) is 40.0 Å². The number of aromatic nitrogens is 4. The molecule has 22 heavy (non-hydrogen) atoms. The minimum Gasteiger partial charge on any atom is -0.343 e. The zero-order valence-electron chi connectivity index (χ0n) is 12.1. The zero-order valence-corrected chi connectivity index (χ0v) is 12.9. The number of thioether (sulfide) groups is 1. The molecule has 0 saturated heterocycles. The number of imidazole rings is 1. The Bertz CT molecular complexity index is 755. The maximum Gasteiger partial charge on any atom is 0.188 e. The largest absolute Gasteiger partial charge is 0.343 e. The molecule has 3 rings (SSSR count). The molecule has 1 N–H and O–H groups in total. The summed E-state index contributed by atoms with van der Waals surface area (Å²) < 4.78 is 13.1. The first kappa shape index (κ1) is 14.7. The van der Waals surface area contributed by atoms with Gasteiger partial charge in [0.25, 0.3) is 0 Å². The van der Waals surface area contributed by atoms with Crippen molar-refractivity contribution in [3.63, 3.8) is 0 Å². The van der Waals surface area contributed by atoms with Gasteiger partial charge in [0.2, 0.25) is 0 Å². The van der Waals surface area contributed by atoms with E-state index in [1.54, 1.807) is 36.4 Å². The molecule has 2 aromatic heterocycles. The molecule has 0 bridgehead atoms. The Morgan fingerprint density at radius 2 is 1.95 bits per heavy atom. The topological polar surface area (TPSA) is 54.5 Å². The average Bonchev–Trinajstić information content (AvgIpc) is 3.03. The highest BCUT2D eigenvalue weighted by Gasteiger charge is 2.12. The molecule has 1 aromatic carbocycles. The molecular weight excluding hydrogens is 299 g/mol. The fraction of sp³-hybridized carbons (Fsp3) is 0.188. The first-order valence-corrected chi connectivity index (χ1v) is 8.02. The van der Waals surface area contributed by atoms with Crippen LogP contribution in [0.4, 0.5) is 4.39 Å². The molecule has 0 atom stereocenters. The van der Waals surface area contributed by atoms with E-state index in [9.17, 15) is 4.39 Å². The molecule has 112 valence electrons. The normalized spacial score (nSPS) is 10.8. The van der Waals surface area contributed by atoms with Crippen LogP contribution < -0.4 is 0 Å². The molecule has 0 aliphatic carbocycles. The number of benzene rings is 1. The van der Waals surface area contributed by atoms with Crippen LogP contribution >= 0.6 is 11.8 Å². The Labute approximate surface area is 132 Å². The third-order valence-corrected chi connectivity index (χ3v) is 4.15. The van der Waals surface area contributed by atoms with E-state index in [4.69, 9.17) is 0 Å². The van der Waals surface area contributed by atoms with Gasteiger partial charge in [-0.1, -0.05) is 18.7 Å². The van der Waals surface area contributed by atoms with Crippen LogP contribution in [0.3, 0.4) is 0 Å². The maximum absolute atomic E-state index is 13.1. The zero-order chi connectivity index (χ0) is 15.4. The van der Waals surface area contributed by atoms with Crippen molar-refractivity contribution in [3.05, 3.63) is 48.7 Å². The summed E-state index contributed by atoms with van der Waals surface area (Å²) in [7, 11) is 0. The van der Waals surface area contributed by atoms with E-state index in [2.05, 4.69) is 26.9 Å². The van der Waals surface area contributed by atoms with Crippen molar-refractivity contribution in [1.29, 1.82) is 0 Å². The summed E-state index contributed by atoms with van der Waals surface area (Å²) in [6, 6.07) is 8.12. The quantitative estimate of drug-likeness (QED) is 0.567. The van der Waals surface area contributed by atoms with E-state index >= 15 is 0 Å². The number of H-pyrrole nitrogens is 1. The van der Waals surface area contributed by atoms with Crippen molar-refractivity contribution in [3.8, 4) is 22.6 Å². The van der Waals surface area contributed by atoms with E-state index in [0.29, 0.717) is 0 Å². The lowest BCUT2D eigenvalue weighted by atomic mass is 10.1. The number of hydrogen-bond donors (Lipinski definition) is 1. The van der Waals surface area contributed by atoms with Gasteiger partial charge >= 0.3 is 0 Å². The van der Waals surface area contributed by atoms with Crippen molar-refractivity contribution >= 4 is 11.8 Å². The molecular formula is C16H15FN4S. The third kappa shape index (κ3) is 3.17. The van der Waals surface area contributed by atoms with Crippen LogP contribution in [0, 0.1) is 5.82 Å². The monoisotopic (exact) mass is 314 g/mol. The molecule has 3 aromatic rings. The van der Waals surface area contributed by atoms with E-state index in [-0.39, 0.29) is 5.82 Å². The molecule has 6 heteroatoms. The molecule has 0 aliphatic rings. The van der Waals surface area contributed by atoms with Crippen LogP contribution in [0.2, 0.25) is 0 Å². The van der Waals surface area contributed by atoms with Gasteiger partial charge in [-0.2, -0.15) is 0 Å². The van der Waals surface area contributed by atoms with Crippen molar-refractivity contribution < 1.29 is 4.39 Å². The fourth-order valence-electron chi connectivity index (χ4n) is 2.06. The van der Waals surface area contributed by atoms with Gasteiger partial charge in [0.15, 0.2) is 5.16 Å². The van der Waals surface area contributed by atoms with Gasteiger partial charge in [0, 0.05) is 17.5 Å². The molecule has 0 aliphatic heterocycles. The summed E-state index contributed by atoms with van der Waals surface area (Å²) in [5.41, 5.74) is 3.20. The minimum atomic E-state index is -0.263. The van der Waals surface area contributed by atoms with E-state index in [1.165, 1.54) is 12.1 Å². The average molecular weight is 314 g/mol. The molecule has 2 heterocycles. The number of halogens is 1. The summed E-state index contributed by atoms with van der Waals surface area (Å²) in [5, 5.41) is 0.749. The highest BCUT2D eigenvalue weighted by Crippen LogP contribution is 2.28. The molecule has 0 radical (unpaired) electrons. The van der Waals surface area contributed by atoms with Gasteiger partial charge < -0.3 is 4.98 Å². The van der Waals surface area contributed by atoms with Crippen molar-refractivity contribution in [2.45, 2.75) is 18.5 Å². The smallest absolute Gasteiger partial charge is 0.188 e. The van der Waals surface area contributed by atoms with Crippen molar-refractivity contribution in [2.24, 2.45) is 0 Å². The predicted molar refractivity (Wildman–Crippen MR) is 86.0 cm³/mol. The minimum absolute atomic E-state index is 0.263. The summed E-state index contributed by atoms with van der Waals surface area (Å²) in [4.78, 5) is 16.3. The number of aromatic amines is 1. The standard InChI is InChI=1S/C16H15FN4S/c1-2-9-22-16-18-8-7-13(21-16)15-14(19-10-20-15)11-3-5-12(17)6-4-11/h3-8,10H,2,9H2,1H3,(H,19,20). The first-order valence-electron chi connectivity index (χ1n) is 7.03. The molecule has 0 saturated carbocycles. The maximum atomic E-state index is 13.1. The molecule has 0 spiro atoms. The van der Waals surface area contributed by atoms with Gasteiger partial charge in [-0.25, -0.2) is 19.3 Å². The summed E-state index contributed by atoms with van der Waals surface area (Å²) >= 11 is 1.63. The van der Waals surface area contributed by atoms with Gasteiger partial charge in [-0.15, -0.1) is 0 Å². The molecule has 0 unspecified atom stereocenters. The van der Waals surface area contributed by atoms with Gasteiger partial charge in [-0.05, 0) is 36.8 Å². The SMILES string of the molecule is CCCSc1nccc(-c2[nH]cnc2-c2ccc(F)cc2)n1. The lowest BCUT2D eigenvalue weighted by Crippen LogP contribution is -1.92.